The summed E-state index contributed by atoms with van der Waals surface area (Å²) in [5, 5.41) is 10.1. The summed E-state index contributed by atoms with van der Waals surface area (Å²) in [6, 6.07) is 19.9. The van der Waals surface area contributed by atoms with Crippen LogP contribution in [0.3, 0.4) is 0 Å². The van der Waals surface area contributed by atoms with Crippen molar-refractivity contribution in [3.8, 4) is 17.1 Å². The molecule has 162 valence electrons. The molecule has 1 aromatic carbocycles. The van der Waals surface area contributed by atoms with Gasteiger partial charge in [-0.2, -0.15) is 5.10 Å². The molecule has 1 saturated heterocycles. The van der Waals surface area contributed by atoms with Gasteiger partial charge >= 0.3 is 0 Å². The monoisotopic (exact) mass is 426 g/mol. The number of likely N-dealkylation sites (tertiary alicyclic amines) is 1. The highest BCUT2D eigenvalue weighted by atomic mass is 16.1. The number of benzene rings is 1. The zero-order chi connectivity index (χ0) is 21.8. The minimum absolute atomic E-state index is 0.0321. The Morgan fingerprint density at radius 3 is 2.72 bits per heavy atom. The van der Waals surface area contributed by atoms with Crippen LogP contribution in [0.15, 0.2) is 79.3 Å². The number of nitrogens with one attached hydrogen (secondary N) is 2. The zero-order valence-electron chi connectivity index (χ0n) is 17.8. The van der Waals surface area contributed by atoms with Gasteiger partial charge in [-0.05, 0) is 68.4 Å². The van der Waals surface area contributed by atoms with Crippen LogP contribution >= 0.6 is 0 Å². The van der Waals surface area contributed by atoms with Crippen molar-refractivity contribution in [3.63, 3.8) is 0 Å². The first-order chi connectivity index (χ1) is 15.8. The van der Waals surface area contributed by atoms with Crippen LogP contribution in [0.5, 0.6) is 0 Å². The number of pyridine rings is 1. The molecule has 32 heavy (non-hydrogen) atoms. The van der Waals surface area contributed by atoms with Gasteiger partial charge in [-0.3, -0.25) is 14.8 Å². The molecule has 4 aromatic rings. The molecule has 1 aliphatic heterocycles. The summed E-state index contributed by atoms with van der Waals surface area (Å²) < 4.78 is 2.13. The lowest BCUT2D eigenvalue weighted by atomic mass is 9.95. The van der Waals surface area contributed by atoms with Gasteiger partial charge in [0.2, 0.25) is 5.91 Å². The second-order valence-electron chi connectivity index (χ2n) is 8.15. The highest BCUT2D eigenvalue weighted by Crippen LogP contribution is 2.24. The predicted octanol–water partition coefficient (Wildman–Crippen LogP) is 4.11. The van der Waals surface area contributed by atoms with Crippen LogP contribution in [0.1, 0.15) is 18.5 Å². The topological polar surface area (TPSA) is 78.8 Å². The fraction of sp³-hybridized carbons (Fsp3) is 0.240. The minimum atomic E-state index is 0.0321. The summed E-state index contributed by atoms with van der Waals surface area (Å²) in [6.45, 7) is 2.66. The Morgan fingerprint density at radius 1 is 1.03 bits per heavy atom. The first kappa shape index (κ1) is 20.2. The van der Waals surface area contributed by atoms with Crippen LogP contribution in [-0.2, 0) is 11.3 Å². The quantitative estimate of drug-likeness (QED) is 0.486. The maximum Gasteiger partial charge on any atom is 0.227 e. The maximum atomic E-state index is 12.9. The minimum Gasteiger partial charge on any atom is -0.326 e. The highest BCUT2D eigenvalue weighted by Gasteiger charge is 2.25. The van der Waals surface area contributed by atoms with Crippen molar-refractivity contribution in [2.45, 2.75) is 19.4 Å². The van der Waals surface area contributed by atoms with Crippen molar-refractivity contribution in [1.82, 2.24) is 24.6 Å². The van der Waals surface area contributed by atoms with Gasteiger partial charge in [0.25, 0.3) is 0 Å². The van der Waals surface area contributed by atoms with E-state index in [0.29, 0.717) is 0 Å². The van der Waals surface area contributed by atoms with E-state index >= 15 is 0 Å². The Labute approximate surface area is 187 Å². The molecule has 4 heterocycles. The van der Waals surface area contributed by atoms with Gasteiger partial charge in [0.05, 0.1) is 5.69 Å². The van der Waals surface area contributed by atoms with E-state index in [1.807, 2.05) is 54.7 Å². The first-order valence-corrected chi connectivity index (χ1v) is 11.0. The average Bonchev–Trinajstić information content (AvgIpc) is 3.53. The van der Waals surface area contributed by atoms with Gasteiger partial charge in [-0.1, -0.05) is 18.2 Å². The summed E-state index contributed by atoms with van der Waals surface area (Å²) in [6.07, 6.45) is 7.30. The molecule has 0 atom stereocenters. The largest absolute Gasteiger partial charge is 0.326 e. The van der Waals surface area contributed by atoms with Crippen molar-refractivity contribution >= 4 is 11.6 Å². The molecule has 0 bridgehead atoms. The van der Waals surface area contributed by atoms with E-state index in [-0.39, 0.29) is 11.8 Å². The number of carbonyl (C=O) groups is 1. The predicted molar refractivity (Wildman–Crippen MR) is 124 cm³/mol. The van der Waals surface area contributed by atoms with E-state index in [9.17, 15) is 4.79 Å². The summed E-state index contributed by atoms with van der Waals surface area (Å²) in [5.74, 6) is 1.06. The van der Waals surface area contributed by atoms with Crippen LogP contribution in [0.25, 0.3) is 17.1 Å². The number of hydrogen-bond donors (Lipinski definition) is 2. The SMILES string of the molecule is O=C(Nc1cccc(-c2ccn[nH]2)c1)C1CCN(Cc2cccn2-c2ccccn2)CC1. The second kappa shape index (κ2) is 9.20. The number of anilines is 1. The average molecular weight is 427 g/mol. The van der Waals surface area contributed by atoms with Gasteiger partial charge in [-0.25, -0.2) is 4.98 Å². The Morgan fingerprint density at radius 2 is 1.94 bits per heavy atom. The molecule has 0 saturated carbocycles. The van der Waals surface area contributed by atoms with E-state index < -0.39 is 0 Å². The molecule has 1 aliphatic rings. The summed E-state index contributed by atoms with van der Waals surface area (Å²) in [7, 11) is 0. The van der Waals surface area contributed by atoms with Crippen molar-refractivity contribution < 1.29 is 4.79 Å². The number of aromatic amines is 1. The van der Waals surface area contributed by atoms with Gasteiger partial charge in [-0.15, -0.1) is 0 Å². The van der Waals surface area contributed by atoms with Gasteiger partial charge in [0.1, 0.15) is 5.82 Å². The first-order valence-electron chi connectivity index (χ1n) is 11.0. The van der Waals surface area contributed by atoms with E-state index in [0.717, 1.165) is 55.2 Å². The zero-order valence-corrected chi connectivity index (χ0v) is 17.8. The van der Waals surface area contributed by atoms with Gasteiger partial charge < -0.3 is 9.88 Å². The van der Waals surface area contributed by atoms with E-state index in [1.54, 1.807) is 6.20 Å². The van der Waals surface area contributed by atoms with Crippen LogP contribution in [0.4, 0.5) is 5.69 Å². The Bertz CT molecular complexity index is 1160. The number of nitrogens with zero attached hydrogens (tertiary/aromatic N) is 4. The number of hydrogen-bond acceptors (Lipinski definition) is 4. The molecule has 7 nitrogen and oxygen atoms in total. The van der Waals surface area contributed by atoms with Crippen molar-refractivity contribution in [2.75, 3.05) is 18.4 Å². The molecule has 0 radical (unpaired) electrons. The molecule has 0 spiro atoms. The molecule has 1 fully saturated rings. The third kappa shape index (κ3) is 4.48. The number of carbonyl (C=O) groups excluding carboxylic acids is 1. The van der Waals surface area contributed by atoms with Gasteiger partial charge in [0.15, 0.2) is 0 Å². The molecule has 7 heteroatoms. The molecule has 5 rings (SSSR count). The molecule has 3 aromatic heterocycles. The lowest BCUT2D eigenvalue weighted by molar-refractivity contribution is -0.121. The van der Waals surface area contributed by atoms with Crippen LogP contribution in [-0.4, -0.2) is 43.6 Å². The van der Waals surface area contributed by atoms with Crippen LogP contribution < -0.4 is 5.32 Å². The maximum absolute atomic E-state index is 12.9. The molecule has 0 unspecified atom stereocenters. The van der Waals surface area contributed by atoms with Crippen LogP contribution in [0, 0.1) is 5.92 Å². The third-order valence-electron chi connectivity index (χ3n) is 6.02. The second-order valence-corrected chi connectivity index (χ2v) is 8.15. The van der Waals surface area contributed by atoms with E-state index in [4.69, 9.17) is 0 Å². The number of amides is 1. The lowest BCUT2D eigenvalue weighted by Gasteiger charge is -2.31. The molecule has 1 amide bonds. The number of H-pyrrole nitrogens is 1. The van der Waals surface area contributed by atoms with Gasteiger partial charge in [0, 0.05) is 48.0 Å². The van der Waals surface area contributed by atoms with E-state index in [1.165, 1.54) is 5.69 Å². The Hall–Kier alpha value is -3.71. The lowest BCUT2D eigenvalue weighted by Crippen LogP contribution is -2.38. The molecular weight excluding hydrogens is 400 g/mol. The summed E-state index contributed by atoms with van der Waals surface area (Å²) >= 11 is 0. The summed E-state index contributed by atoms with van der Waals surface area (Å²) in [4.78, 5) is 19.7. The molecular formula is C25H26N6O. The molecule has 2 N–H and O–H groups in total. The normalized spacial score (nSPS) is 15.0. The Kier molecular flexibility index (Phi) is 5.81. The number of rotatable bonds is 6. The standard InChI is InChI=1S/C25H26N6O/c32-25(28-21-6-3-5-20(17-21)23-9-13-27-29-23)19-10-15-30(16-11-19)18-22-7-4-14-31(22)24-8-1-2-12-26-24/h1-9,12-14,17,19H,10-11,15-16,18H2,(H,27,29)(H,28,32). The smallest absolute Gasteiger partial charge is 0.227 e. The fourth-order valence-corrected chi connectivity index (χ4v) is 4.27. The van der Waals surface area contributed by atoms with E-state index in [2.05, 4.69) is 48.3 Å². The summed E-state index contributed by atoms with van der Waals surface area (Å²) in [5.41, 5.74) is 3.97. The van der Waals surface area contributed by atoms with Crippen molar-refractivity contribution in [2.24, 2.45) is 5.92 Å². The van der Waals surface area contributed by atoms with Crippen molar-refractivity contribution in [1.29, 1.82) is 0 Å². The van der Waals surface area contributed by atoms with Crippen molar-refractivity contribution in [3.05, 3.63) is 84.9 Å². The molecule has 0 aliphatic carbocycles. The number of piperidine rings is 1. The fourth-order valence-electron chi connectivity index (χ4n) is 4.27. The highest BCUT2D eigenvalue weighted by molar-refractivity contribution is 5.93. The van der Waals surface area contributed by atoms with Crippen LogP contribution in [0.2, 0.25) is 0 Å². The Balaban J connectivity index is 1.17. The third-order valence-corrected chi connectivity index (χ3v) is 6.02. The number of aromatic nitrogens is 4.